The number of hydrogen-bond acceptors (Lipinski definition) is 4. The van der Waals surface area contributed by atoms with Crippen LogP contribution < -0.4 is 9.47 Å². The highest BCUT2D eigenvalue weighted by atomic mass is 35.5. The molecule has 0 aliphatic heterocycles. The summed E-state index contributed by atoms with van der Waals surface area (Å²) in [7, 11) is 3.04. The number of ether oxygens (including phenoxy) is 2. The highest BCUT2D eigenvalue weighted by molar-refractivity contribution is 6.31. The van der Waals surface area contributed by atoms with Crippen molar-refractivity contribution in [1.82, 2.24) is 14.4 Å². The van der Waals surface area contributed by atoms with E-state index >= 15 is 0 Å². The van der Waals surface area contributed by atoms with Gasteiger partial charge in [-0.2, -0.15) is 0 Å². The van der Waals surface area contributed by atoms with E-state index < -0.39 is 0 Å². The molecule has 1 atom stereocenters. The van der Waals surface area contributed by atoms with Gasteiger partial charge in [0.2, 0.25) is 5.91 Å². The largest absolute Gasteiger partial charge is 0.496 e. The van der Waals surface area contributed by atoms with E-state index in [1.165, 1.54) is 14.2 Å². The van der Waals surface area contributed by atoms with Gasteiger partial charge in [-0.15, -0.1) is 0 Å². The Labute approximate surface area is 237 Å². The van der Waals surface area contributed by atoms with E-state index in [0.717, 1.165) is 11.3 Å². The summed E-state index contributed by atoms with van der Waals surface area (Å²) in [5.74, 6) is 0.673. The van der Waals surface area contributed by atoms with Crippen LogP contribution in [0.5, 0.6) is 11.5 Å². The van der Waals surface area contributed by atoms with Crippen molar-refractivity contribution in [3.8, 4) is 11.5 Å². The van der Waals surface area contributed by atoms with E-state index in [0.29, 0.717) is 48.1 Å². The van der Waals surface area contributed by atoms with Crippen LogP contribution in [0.25, 0.3) is 0 Å². The molecule has 39 heavy (non-hydrogen) atoms. The average molecular weight is 554 g/mol. The van der Waals surface area contributed by atoms with Gasteiger partial charge in [0, 0.05) is 36.0 Å². The fourth-order valence-electron chi connectivity index (χ4n) is 4.55. The maximum absolute atomic E-state index is 13.9. The third-order valence-electron chi connectivity index (χ3n) is 6.84. The number of aromatic nitrogens is 1. The zero-order valence-electron chi connectivity index (χ0n) is 23.8. The van der Waals surface area contributed by atoms with Crippen LogP contribution in [0.2, 0.25) is 5.02 Å². The molecule has 0 aliphatic carbocycles. The van der Waals surface area contributed by atoms with Gasteiger partial charge in [0.1, 0.15) is 23.6 Å². The molecule has 3 aromatic rings. The van der Waals surface area contributed by atoms with Crippen LogP contribution in [0.3, 0.4) is 0 Å². The predicted molar refractivity (Wildman–Crippen MR) is 156 cm³/mol. The predicted octanol–water partition coefficient (Wildman–Crippen LogP) is 6.13. The molecule has 0 fully saturated rings. The van der Waals surface area contributed by atoms with Gasteiger partial charge in [-0.25, -0.2) is 0 Å². The Morgan fingerprint density at radius 3 is 2.21 bits per heavy atom. The molecule has 0 saturated heterocycles. The second kappa shape index (κ2) is 14.1. The minimum atomic E-state index is -0.293. The number of rotatable bonds is 13. The number of hydrogen-bond donors (Lipinski definition) is 0. The smallest absolute Gasteiger partial charge is 0.262 e. The summed E-state index contributed by atoms with van der Waals surface area (Å²) in [6.07, 6.45) is 2.70. The molecule has 0 aliphatic rings. The maximum Gasteiger partial charge on any atom is 0.262 e. The van der Waals surface area contributed by atoms with Gasteiger partial charge in [-0.1, -0.05) is 56.6 Å². The lowest BCUT2D eigenvalue weighted by molar-refractivity contribution is -0.133. The fraction of sp³-hybridized carbons (Fsp3) is 0.419. The molecular weight excluding hydrogens is 514 g/mol. The van der Waals surface area contributed by atoms with E-state index in [9.17, 15) is 9.59 Å². The lowest BCUT2D eigenvalue weighted by Gasteiger charge is -2.32. The van der Waals surface area contributed by atoms with Gasteiger partial charge >= 0.3 is 0 Å². The first-order chi connectivity index (χ1) is 18.7. The van der Waals surface area contributed by atoms with Crippen LogP contribution in [0.1, 0.15) is 55.7 Å². The summed E-state index contributed by atoms with van der Waals surface area (Å²) in [5, 5.41) is 0.710. The molecule has 8 heteroatoms. The highest BCUT2D eigenvalue weighted by Crippen LogP contribution is 2.30. The Morgan fingerprint density at radius 2 is 1.62 bits per heavy atom. The molecule has 0 N–H and O–H groups in total. The van der Waals surface area contributed by atoms with Gasteiger partial charge in [0.05, 0.1) is 20.8 Å². The molecule has 3 rings (SSSR count). The Hall–Kier alpha value is -3.45. The summed E-state index contributed by atoms with van der Waals surface area (Å²) in [5.41, 5.74) is 2.33. The van der Waals surface area contributed by atoms with Crippen LogP contribution in [-0.2, 0) is 17.9 Å². The van der Waals surface area contributed by atoms with Gasteiger partial charge in [0.15, 0.2) is 0 Å². The lowest BCUT2D eigenvalue weighted by atomic mass is 10.1. The number of carbonyl (C=O) groups excluding carboxylic acids is 2. The van der Waals surface area contributed by atoms with Gasteiger partial charge in [0.25, 0.3) is 5.91 Å². The molecule has 1 heterocycles. The normalized spacial score (nSPS) is 11.8. The van der Waals surface area contributed by atoms with E-state index in [2.05, 4.69) is 18.4 Å². The zero-order chi connectivity index (χ0) is 28.5. The Bertz CT molecular complexity index is 1230. The summed E-state index contributed by atoms with van der Waals surface area (Å²) >= 11 is 6.41. The SMILES string of the molecule is CCC(C)N(CC(=O)N(Cc1cccn1Cc1ccccc1Cl)CC(C)C)C(=O)c1c(OC)cccc1OC. The summed E-state index contributed by atoms with van der Waals surface area (Å²) in [4.78, 5) is 31.2. The molecule has 1 unspecified atom stereocenters. The molecule has 0 radical (unpaired) electrons. The third-order valence-corrected chi connectivity index (χ3v) is 7.21. The molecule has 2 amide bonds. The van der Waals surface area contributed by atoms with Crippen LogP contribution in [0.4, 0.5) is 0 Å². The topological polar surface area (TPSA) is 64.0 Å². The van der Waals surface area contributed by atoms with Crippen LogP contribution >= 0.6 is 11.6 Å². The number of halogens is 1. The fourth-order valence-corrected chi connectivity index (χ4v) is 4.74. The monoisotopic (exact) mass is 553 g/mol. The summed E-state index contributed by atoms with van der Waals surface area (Å²) < 4.78 is 13.1. The molecule has 0 bridgehead atoms. The summed E-state index contributed by atoms with van der Waals surface area (Å²) in [6.45, 7) is 9.67. The number of nitrogens with zero attached hydrogens (tertiary/aromatic N) is 3. The minimum absolute atomic E-state index is 0.0486. The number of methoxy groups -OCH3 is 2. The van der Waals surface area contributed by atoms with Gasteiger partial charge < -0.3 is 23.8 Å². The quantitative estimate of drug-likeness (QED) is 0.255. The Kier molecular flexibility index (Phi) is 10.9. The number of carbonyl (C=O) groups is 2. The van der Waals surface area contributed by atoms with Crippen molar-refractivity contribution < 1.29 is 19.1 Å². The second-order valence-corrected chi connectivity index (χ2v) is 10.5. The van der Waals surface area contributed by atoms with Crippen molar-refractivity contribution in [2.45, 2.75) is 53.2 Å². The first-order valence-corrected chi connectivity index (χ1v) is 13.7. The molecule has 7 nitrogen and oxygen atoms in total. The second-order valence-electron chi connectivity index (χ2n) is 10.1. The standard InChI is InChI=1S/C31H40ClN3O4/c1-7-23(4)35(31(37)30-27(38-5)15-10-16-28(30)39-6)21-29(36)34(18-22(2)3)20-25-13-11-17-33(25)19-24-12-8-9-14-26(24)32/h8-17,22-23H,7,18-21H2,1-6H3. The van der Waals surface area contributed by atoms with Crippen molar-refractivity contribution in [2.75, 3.05) is 27.3 Å². The zero-order valence-corrected chi connectivity index (χ0v) is 24.6. The first-order valence-electron chi connectivity index (χ1n) is 13.4. The first kappa shape index (κ1) is 30.1. The van der Waals surface area contributed by atoms with E-state index in [1.54, 1.807) is 23.1 Å². The molecule has 210 valence electrons. The molecule has 0 spiro atoms. The van der Waals surface area contributed by atoms with Crippen LogP contribution in [0.15, 0.2) is 60.8 Å². The van der Waals surface area contributed by atoms with Crippen molar-refractivity contribution in [2.24, 2.45) is 5.92 Å². The number of amides is 2. The van der Waals surface area contributed by atoms with E-state index in [4.69, 9.17) is 21.1 Å². The summed E-state index contributed by atoms with van der Waals surface area (Å²) in [6, 6.07) is 16.8. The van der Waals surface area contributed by atoms with Gasteiger partial charge in [-0.3, -0.25) is 9.59 Å². The van der Waals surface area contributed by atoms with Crippen molar-refractivity contribution >= 4 is 23.4 Å². The Morgan fingerprint density at radius 1 is 0.949 bits per heavy atom. The van der Waals surface area contributed by atoms with Crippen LogP contribution in [-0.4, -0.2) is 59.5 Å². The van der Waals surface area contributed by atoms with Crippen LogP contribution in [0, 0.1) is 5.92 Å². The van der Waals surface area contributed by atoms with Crippen molar-refractivity contribution in [3.63, 3.8) is 0 Å². The van der Waals surface area contributed by atoms with Crippen molar-refractivity contribution in [3.05, 3.63) is 82.6 Å². The van der Waals surface area contributed by atoms with E-state index in [1.807, 2.05) is 61.3 Å². The number of benzene rings is 2. The molecular formula is C31H40ClN3O4. The Balaban J connectivity index is 1.88. The maximum atomic E-state index is 13.9. The average Bonchev–Trinajstić information content (AvgIpc) is 3.37. The van der Waals surface area contributed by atoms with Gasteiger partial charge in [-0.05, 0) is 55.2 Å². The van der Waals surface area contributed by atoms with Crippen molar-refractivity contribution in [1.29, 1.82) is 0 Å². The third kappa shape index (κ3) is 7.57. The molecule has 2 aromatic carbocycles. The minimum Gasteiger partial charge on any atom is -0.496 e. The lowest BCUT2D eigenvalue weighted by Crippen LogP contribution is -2.47. The molecule has 1 aromatic heterocycles. The van der Waals surface area contributed by atoms with E-state index in [-0.39, 0.29) is 30.3 Å². The molecule has 0 saturated carbocycles. The highest BCUT2D eigenvalue weighted by Gasteiger charge is 2.30.